The first-order valence-electron chi connectivity index (χ1n) is 9.04. The van der Waals surface area contributed by atoms with Gasteiger partial charge >= 0.3 is 6.18 Å². The lowest BCUT2D eigenvalue weighted by atomic mass is 9.96. The van der Waals surface area contributed by atoms with Crippen LogP contribution in [0.1, 0.15) is 18.5 Å². The maximum absolute atomic E-state index is 12.6. The van der Waals surface area contributed by atoms with E-state index in [0.29, 0.717) is 32.3 Å². The van der Waals surface area contributed by atoms with Crippen molar-refractivity contribution in [1.82, 2.24) is 19.4 Å². The zero-order chi connectivity index (χ0) is 19.4. The second-order valence-electron chi connectivity index (χ2n) is 6.98. The molecule has 0 N–H and O–H groups in total. The number of piperidine rings is 1. The minimum atomic E-state index is -4.61. The van der Waals surface area contributed by atoms with Crippen LogP contribution in [0.15, 0.2) is 17.2 Å². The first-order valence-corrected chi connectivity index (χ1v) is 9.04. The number of rotatable bonds is 5. The van der Waals surface area contributed by atoms with Crippen LogP contribution in [-0.4, -0.2) is 71.2 Å². The van der Waals surface area contributed by atoms with Gasteiger partial charge in [-0.1, -0.05) is 0 Å². The Bertz CT molecular complexity index is 714. The molecule has 2 aliphatic rings. The van der Waals surface area contributed by atoms with E-state index in [4.69, 9.17) is 4.74 Å². The first-order chi connectivity index (χ1) is 12.8. The van der Waals surface area contributed by atoms with Crippen molar-refractivity contribution in [3.63, 3.8) is 0 Å². The Kier molecular flexibility index (Phi) is 6.15. The summed E-state index contributed by atoms with van der Waals surface area (Å²) in [6, 6.07) is 0.550. The molecule has 3 heterocycles. The number of carbonyl (C=O) groups excluding carboxylic acids is 1. The molecule has 7 nitrogen and oxygen atoms in total. The molecule has 2 saturated heterocycles. The summed E-state index contributed by atoms with van der Waals surface area (Å²) in [7, 11) is 0. The zero-order valence-electron chi connectivity index (χ0n) is 15.0. The molecule has 0 saturated carbocycles. The highest BCUT2D eigenvalue weighted by Crippen LogP contribution is 2.26. The van der Waals surface area contributed by atoms with E-state index in [1.165, 1.54) is 4.57 Å². The van der Waals surface area contributed by atoms with Gasteiger partial charge in [-0.25, -0.2) is 4.98 Å². The number of halogens is 3. The van der Waals surface area contributed by atoms with Crippen LogP contribution in [0.25, 0.3) is 0 Å². The van der Waals surface area contributed by atoms with Crippen molar-refractivity contribution < 1.29 is 22.7 Å². The number of hydrogen-bond acceptors (Lipinski definition) is 5. The largest absolute Gasteiger partial charge is 0.433 e. The van der Waals surface area contributed by atoms with Crippen LogP contribution < -0.4 is 5.56 Å². The van der Waals surface area contributed by atoms with Gasteiger partial charge in [-0.2, -0.15) is 13.2 Å². The van der Waals surface area contributed by atoms with Gasteiger partial charge in [0.15, 0.2) is 5.69 Å². The molecule has 150 valence electrons. The Morgan fingerprint density at radius 3 is 2.52 bits per heavy atom. The first kappa shape index (κ1) is 19.8. The van der Waals surface area contributed by atoms with Gasteiger partial charge < -0.3 is 14.5 Å². The van der Waals surface area contributed by atoms with Crippen LogP contribution >= 0.6 is 0 Å². The number of hydrogen-bond donors (Lipinski definition) is 0. The van der Waals surface area contributed by atoms with E-state index in [-0.39, 0.29) is 18.4 Å². The molecule has 0 aromatic carbocycles. The zero-order valence-corrected chi connectivity index (χ0v) is 15.0. The molecule has 1 aromatic rings. The topological polar surface area (TPSA) is 67.7 Å². The van der Waals surface area contributed by atoms with Gasteiger partial charge in [-0.3, -0.25) is 14.2 Å². The highest BCUT2D eigenvalue weighted by molar-refractivity contribution is 5.77. The summed E-state index contributed by atoms with van der Waals surface area (Å²) in [5.74, 6) is 0.243. The second kappa shape index (κ2) is 8.39. The Morgan fingerprint density at radius 2 is 1.89 bits per heavy atom. The summed E-state index contributed by atoms with van der Waals surface area (Å²) >= 11 is 0. The lowest BCUT2D eigenvalue weighted by Gasteiger charge is -2.34. The molecule has 2 aliphatic heterocycles. The van der Waals surface area contributed by atoms with Gasteiger partial charge in [0, 0.05) is 32.2 Å². The summed E-state index contributed by atoms with van der Waals surface area (Å²) in [4.78, 5) is 31.1. The van der Waals surface area contributed by atoms with E-state index in [1.54, 1.807) is 0 Å². The van der Waals surface area contributed by atoms with E-state index in [2.05, 4.69) is 9.88 Å². The van der Waals surface area contributed by atoms with Crippen LogP contribution in [0, 0.1) is 5.92 Å². The van der Waals surface area contributed by atoms with Crippen LogP contribution in [0.5, 0.6) is 0 Å². The van der Waals surface area contributed by atoms with Crippen molar-refractivity contribution in [3.05, 3.63) is 28.4 Å². The minimum absolute atomic E-state index is 0.0188. The Balaban J connectivity index is 1.45. The second-order valence-corrected chi connectivity index (χ2v) is 6.98. The summed E-state index contributed by atoms with van der Waals surface area (Å²) in [6.07, 6.45) is -1.91. The van der Waals surface area contributed by atoms with Crippen LogP contribution in [0.2, 0.25) is 0 Å². The minimum Gasteiger partial charge on any atom is -0.370 e. The van der Waals surface area contributed by atoms with Crippen LogP contribution in [0.4, 0.5) is 13.2 Å². The van der Waals surface area contributed by atoms with Crippen molar-refractivity contribution in [2.75, 3.05) is 45.9 Å². The molecule has 0 atom stereocenters. The van der Waals surface area contributed by atoms with Gasteiger partial charge in [0.25, 0.3) is 5.56 Å². The van der Waals surface area contributed by atoms with Crippen molar-refractivity contribution in [2.45, 2.75) is 25.6 Å². The number of alkyl halides is 3. The molecule has 3 rings (SSSR count). The third-order valence-electron chi connectivity index (χ3n) is 5.10. The fourth-order valence-electron chi connectivity index (χ4n) is 3.44. The van der Waals surface area contributed by atoms with E-state index in [0.717, 1.165) is 38.8 Å². The molecular weight excluding hydrogens is 365 g/mol. The normalized spacial score (nSPS) is 20.3. The SMILES string of the molecule is O=C1COCCN1CCN1CCC(Cn2cnc(C(F)(F)F)cc2=O)CC1. The number of carbonyl (C=O) groups is 1. The molecule has 0 aliphatic carbocycles. The fraction of sp³-hybridized carbons (Fsp3) is 0.706. The monoisotopic (exact) mass is 388 g/mol. The smallest absolute Gasteiger partial charge is 0.370 e. The number of nitrogens with zero attached hydrogens (tertiary/aromatic N) is 4. The molecule has 0 spiro atoms. The Morgan fingerprint density at radius 1 is 1.15 bits per heavy atom. The average molecular weight is 388 g/mol. The number of aromatic nitrogens is 2. The fourth-order valence-corrected chi connectivity index (χ4v) is 3.44. The van der Waals surface area contributed by atoms with Gasteiger partial charge in [0.2, 0.25) is 5.91 Å². The molecule has 0 bridgehead atoms. The van der Waals surface area contributed by atoms with E-state index >= 15 is 0 Å². The highest BCUT2D eigenvalue weighted by Gasteiger charge is 2.33. The number of likely N-dealkylation sites (tertiary alicyclic amines) is 1. The summed E-state index contributed by atoms with van der Waals surface area (Å²) in [5.41, 5.74) is -1.83. The molecular formula is C17H23F3N4O3. The molecule has 27 heavy (non-hydrogen) atoms. The summed E-state index contributed by atoms with van der Waals surface area (Å²) in [5, 5.41) is 0. The predicted molar refractivity (Wildman–Crippen MR) is 90.1 cm³/mol. The van der Waals surface area contributed by atoms with Gasteiger partial charge in [-0.05, 0) is 31.8 Å². The van der Waals surface area contributed by atoms with Gasteiger partial charge in [0.05, 0.1) is 12.9 Å². The molecule has 2 fully saturated rings. The number of morpholine rings is 1. The van der Waals surface area contributed by atoms with Crippen molar-refractivity contribution in [1.29, 1.82) is 0 Å². The lowest BCUT2D eigenvalue weighted by Crippen LogP contribution is -2.46. The standard InChI is InChI=1S/C17H23F3N4O3/c18-17(19,20)14-9-15(25)24(12-21-14)10-13-1-3-22(4-2-13)5-6-23-7-8-27-11-16(23)26/h9,12-13H,1-8,10-11H2. The Labute approximate surface area is 154 Å². The van der Waals surface area contributed by atoms with Gasteiger partial charge in [0.1, 0.15) is 6.61 Å². The van der Waals surface area contributed by atoms with E-state index in [1.807, 2.05) is 4.90 Å². The van der Waals surface area contributed by atoms with Gasteiger partial charge in [-0.15, -0.1) is 0 Å². The Hall–Kier alpha value is -1.94. The highest BCUT2D eigenvalue weighted by atomic mass is 19.4. The maximum atomic E-state index is 12.6. The average Bonchev–Trinajstić information content (AvgIpc) is 2.63. The maximum Gasteiger partial charge on any atom is 0.433 e. The van der Waals surface area contributed by atoms with Crippen molar-refractivity contribution in [3.8, 4) is 0 Å². The van der Waals surface area contributed by atoms with E-state index < -0.39 is 17.4 Å². The van der Waals surface area contributed by atoms with Crippen molar-refractivity contribution >= 4 is 5.91 Å². The lowest BCUT2D eigenvalue weighted by molar-refractivity contribution is -0.143. The molecule has 0 radical (unpaired) electrons. The van der Waals surface area contributed by atoms with Crippen LogP contribution in [0.3, 0.4) is 0 Å². The predicted octanol–water partition coefficient (Wildman–Crippen LogP) is 0.833. The van der Waals surface area contributed by atoms with Crippen molar-refractivity contribution in [2.24, 2.45) is 5.92 Å². The molecule has 1 aromatic heterocycles. The number of ether oxygens (including phenoxy) is 1. The number of amides is 1. The van der Waals surface area contributed by atoms with E-state index in [9.17, 15) is 22.8 Å². The summed E-state index contributed by atoms with van der Waals surface area (Å²) < 4.78 is 44.1. The summed E-state index contributed by atoms with van der Waals surface area (Å²) in [6.45, 7) is 4.87. The third-order valence-corrected chi connectivity index (χ3v) is 5.10. The molecule has 1 amide bonds. The quantitative estimate of drug-likeness (QED) is 0.748. The molecule has 0 unspecified atom stereocenters. The molecule has 10 heteroatoms. The van der Waals surface area contributed by atoms with Crippen LogP contribution in [-0.2, 0) is 22.3 Å². The third kappa shape index (κ3) is 5.29.